The Kier molecular flexibility index (Phi) is 19.3. The number of carboxylic acid groups (broad SMARTS) is 1. The molecule has 0 bridgehead atoms. The Morgan fingerprint density at radius 2 is 1.42 bits per heavy atom. The van der Waals surface area contributed by atoms with Crippen LogP contribution >= 0.6 is 0 Å². The van der Waals surface area contributed by atoms with E-state index in [0.29, 0.717) is 66.1 Å². The van der Waals surface area contributed by atoms with Crippen LogP contribution in [-0.4, -0.2) is 112 Å². The third-order valence-electron chi connectivity index (χ3n) is 10.5. The van der Waals surface area contributed by atoms with Gasteiger partial charge in [0, 0.05) is 67.6 Å². The van der Waals surface area contributed by atoms with E-state index in [2.05, 4.69) is 0 Å². The van der Waals surface area contributed by atoms with Crippen LogP contribution in [0.4, 0.5) is 11.4 Å². The van der Waals surface area contributed by atoms with Crippen molar-refractivity contribution in [1.82, 2.24) is 0 Å². The van der Waals surface area contributed by atoms with E-state index in [9.17, 15) is 56.7 Å². The number of benzene rings is 2. The average molecular weight is 923 g/mol. The number of rotatable bonds is 21. The fourth-order valence-electron chi connectivity index (χ4n) is 7.66. The van der Waals surface area contributed by atoms with E-state index in [1.165, 1.54) is 37.4 Å². The molecule has 59 heavy (non-hydrogen) atoms. The second-order valence-electron chi connectivity index (χ2n) is 14.5. The largest absolute Gasteiger partial charge is 1.00 e. The number of carbonyl (C=O) groups is 1. The van der Waals surface area contributed by atoms with Crippen molar-refractivity contribution in [1.29, 1.82) is 0 Å². The van der Waals surface area contributed by atoms with Crippen molar-refractivity contribution in [2.75, 3.05) is 43.2 Å². The van der Waals surface area contributed by atoms with E-state index in [1.54, 1.807) is 35.8 Å². The van der Waals surface area contributed by atoms with Gasteiger partial charge in [-0.1, -0.05) is 12.5 Å². The number of anilines is 1. The second-order valence-corrected chi connectivity index (χ2v) is 20.5. The SMILES string of the molecule is COCCC1(C)/C(=C\C=C\C2=[N+](CCCS(=O)(=O)O)c3ccc(S(=O)(=O)O)cc3C2(C)CCCS(=O)(=O)O)N(CCCCCC(=O)O)c2ccc(S(=O)(=O)[O-])cc21.[Na+].[Na+]. The van der Waals surface area contributed by atoms with Crippen LogP contribution in [0, 0.1) is 0 Å². The number of carboxylic acids is 1. The number of ether oxygens (including phenoxy) is 1. The van der Waals surface area contributed by atoms with Crippen molar-refractivity contribution in [2.45, 2.75) is 85.8 Å². The van der Waals surface area contributed by atoms with Gasteiger partial charge >= 0.3 is 65.1 Å². The van der Waals surface area contributed by atoms with Crippen LogP contribution in [-0.2, 0) is 60.8 Å². The first-order valence-electron chi connectivity index (χ1n) is 18.0. The number of hydrogen-bond acceptors (Lipinski definition) is 12. The number of allylic oxidation sites excluding steroid dienone is 4. The van der Waals surface area contributed by atoms with Gasteiger partial charge in [0.05, 0.1) is 26.7 Å². The van der Waals surface area contributed by atoms with Crippen LogP contribution in [0.5, 0.6) is 0 Å². The minimum Gasteiger partial charge on any atom is -0.744 e. The van der Waals surface area contributed by atoms with Gasteiger partial charge in [0.15, 0.2) is 5.71 Å². The second kappa shape index (κ2) is 21.2. The Bertz CT molecular complexity index is 2420. The summed E-state index contributed by atoms with van der Waals surface area (Å²) >= 11 is 0. The number of unbranched alkanes of at least 4 members (excludes halogenated alkanes) is 2. The first-order valence-corrected chi connectivity index (χ1v) is 24.0. The molecule has 0 amide bonds. The zero-order valence-electron chi connectivity index (χ0n) is 33.7. The molecule has 2 unspecified atom stereocenters. The molecule has 2 heterocycles. The topological polar surface area (TPSA) is 273 Å². The summed E-state index contributed by atoms with van der Waals surface area (Å²) in [4.78, 5) is 12.2. The van der Waals surface area contributed by atoms with E-state index in [1.807, 2.05) is 11.8 Å². The molecular formula is C36H48N2Na2O15S4+2. The van der Waals surface area contributed by atoms with Crippen molar-refractivity contribution < 1.29 is 130 Å². The summed E-state index contributed by atoms with van der Waals surface area (Å²) in [5.41, 5.74) is 0.960. The molecule has 2 aliphatic heterocycles. The zero-order chi connectivity index (χ0) is 42.6. The third kappa shape index (κ3) is 13.7. The van der Waals surface area contributed by atoms with E-state index in [-0.39, 0.29) is 97.9 Å². The van der Waals surface area contributed by atoms with Gasteiger partial charge in [0.25, 0.3) is 30.4 Å². The molecule has 0 spiro atoms. The molecule has 2 atom stereocenters. The Hall–Kier alpha value is -1.54. The van der Waals surface area contributed by atoms with E-state index < -0.39 is 78.6 Å². The maximum absolute atomic E-state index is 12.2. The molecule has 0 radical (unpaired) electrons. The number of fused-ring (bicyclic) bond motifs is 2. The average Bonchev–Trinajstić information content (AvgIpc) is 3.45. The normalized spacial score (nSPS) is 20.1. The molecule has 0 fully saturated rings. The van der Waals surface area contributed by atoms with Gasteiger partial charge < -0.3 is 19.3 Å². The predicted molar refractivity (Wildman–Crippen MR) is 209 cm³/mol. The van der Waals surface area contributed by atoms with Crippen molar-refractivity contribution in [3.05, 3.63) is 71.5 Å². The fraction of sp³-hybridized carbons (Fsp3) is 0.500. The van der Waals surface area contributed by atoms with Crippen LogP contribution in [0.3, 0.4) is 0 Å². The Morgan fingerprint density at radius 1 is 0.814 bits per heavy atom. The molecule has 0 aromatic heterocycles. The summed E-state index contributed by atoms with van der Waals surface area (Å²) in [6.07, 6.45) is 6.84. The molecule has 17 nitrogen and oxygen atoms in total. The van der Waals surface area contributed by atoms with Crippen LogP contribution in [0.2, 0.25) is 0 Å². The minimum atomic E-state index is -4.84. The number of hydrogen-bond donors (Lipinski definition) is 4. The van der Waals surface area contributed by atoms with Gasteiger partial charge in [-0.3, -0.25) is 18.5 Å². The summed E-state index contributed by atoms with van der Waals surface area (Å²) in [6.45, 7) is 4.18. The van der Waals surface area contributed by atoms with Crippen molar-refractivity contribution in [2.24, 2.45) is 0 Å². The maximum atomic E-state index is 12.2. The van der Waals surface area contributed by atoms with E-state index >= 15 is 0 Å². The number of methoxy groups -OCH3 is 1. The number of nitrogens with zero attached hydrogens (tertiary/aromatic N) is 2. The summed E-state index contributed by atoms with van der Waals surface area (Å²) in [7, 11) is -16.8. The van der Waals surface area contributed by atoms with Gasteiger partial charge in [0.2, 0.25) is 5.69 Å². The smallest absolute Gasteiger partial charge is 0.744 e. The van der Waals surface area contributed by atoms with Gasteiger partial charge in [-0.15, -0.1) is 0 Å². The molecule has 4 N–H and O–H groups in total. The summed E-state index contributed by atoms with van der Waals surface area (Å²) in [6, 6.07) is 7.95. The fourth-order valence-corrected chi connectivity index (χ4v) is 9.67. The summed E-state index contributed by atoms with van der Waals surface area (Å²) < 4.78 is 144. The zero-order valence-corrected chi connectivity index (χ0v) is 41.0. The first kappa shape index (κ1) is 53.6. The molecule has 0 saturated carbocycles. The molecule has 2 aromatic carbocycles. The molecule has 2 aromatic rings. The predicted octanol–water partition coefficient (Wildman–Crippen LogP) is -1.95. The Balaban J connectivity index is 0.00000600. The third-order valence-corrected chi connectivity index (χ3v) is 13.7. The quantitative estimate of drug-likeness (QED) is 0.0459. The van der Waals surface area contributed by atoms with Crippen LogP contribution in [0.15, 0.2) is 70.1 Å². The Labute approximate surface area is 390 Å². The molecule has 0 aliphatic carbocycles. The van der Waals surface area contributed by atoms with E-state index in [4.69, 9.17) is 9.84 Å². The van der Waals surface area contributed by atoms with Crippen LogP contribution < -0.4 is 64.0 Å². The maximum Gasteiger partial charge on any atom is 1.00 e. The van der Waals surface area contributed by atoms with Crippen molar-refractivity contribution >= 4 is 63.5 Å². The molecule has 0 saturated heterocycles. The van der Waals surface area contributed by atoms with Crippen LogP contribution in [0.25, 0.3) is 0 Å². The molecule has 4 rings (SSSR count). The number of aliphatic carboxylic acids is 1. The summed E-state index contributed by atoms with van der Waals surface area (Å²) in [5.74, 6) is -2.16. The molecule has 23 heteroatoms. The molecular weight excluding hydrogens is 875 g/mol. The van der Waals surface area contributed by atoms with E-state index in [0.717, 1.165) is 0 Å². The minimum absolute atomic E-state index is 0. The van der Waals surface area contributed by atoms with Gasteiger partial charge in [-0.05, 0) is 87.9 Å². The summed E-state index contributed by atoms with van der Waals surface area (Å²) in [5, 5.41) is 9.12. The standard InChI is InChI=1S/C36H48N2O15S4.2Na/c1-35(17-8-22-54(41,42)43)28-24-26(56(47,48)49)13-15-30(28)38(20-9-23-55(44,45)46)32(35)10-7-11-33-36(2,18-21-53-3)29-25-27(57(50,51)52)14-16-31(29)37(33)19-6-4-5-12-34(39)40;;/h7,10-11,13-16,24-25H,4-6,8-9,12,17-23H2,1-3H3,(H4-,39,40,41,42,43,44,45,46,47,48,49,50,51,52);;/q;2*+1. The van der Waals surface area contributed by atoms with Crippen molar-refractivity contribution in [3.8, 4) is 0 Å². The van der Waals surface area contributed by atoms with Gasteiger partial charge in [-0.2, -0.15) is 29.8 Å². The van der Waals surface area contributed by atoms with Crippen LogP contribution in [0.1, 0.15) is 76.3 Å². The first-order chi connectivity index (χ1) is 26.3. The monoisotopic (exact) mass is 922 g/mol. The Morgan fingerprint density at radius 3 is 2.00 bits per heavy atom. The van der Waals surface area contributed by atoms with Gasteiger partial charge in [-0.25, -0.2) is 8.42 Å². The molecule has 316 valence electrons. The molecule has 2 aliphatic rings. The van der Waals surface area contributed by atoms with Crippen molar-refractivity contribution in [3.63, 3.8) is 0 Å². The van der Waals surface area contributed by atoms with Gasteiger partial charge in [0.1, 0.15) is 16.7 Å².